The standard InChI is InChI=1S/C30H31NO7/c1-30(2,3)31-16-24(29(33)34)28(32)23-14-26(37-17-19-6-10-21(35-4)11-7-19)27(15-25(23)31)38-18-20-8-12-22(36-5)13-9-20/h6-16H,17-18H2,1-5H3,(H,33,34). The quantitative estimate of drug-likeness (QED) is 0.307. The fourth-order valence-electron chi connectivity index (χ4n) is 4.03. The summed E-state index contributed by atoms with van der Waals surface area (Å²) in [6.07, 6.45) is 1.39. The Morgan fingerprint density at radius 1 is 0.816 bits per heavy atom. The molecule has 0 aliphatic rings. The minimum absolute atomic E-state index is 0.209. The largest absolute Gasteiger partial charge is 0.497 e. The van der Waals surface area contributed by atoms with Gasteiger partial charge in [-0.3, -0.25) is 4.79 Å². The summed E-state index contributed by atoms with van der Waals surface area (Å²) < 4.78 is 24.5. The zero-order chi connectivity index (χ0) is 27.4. The maximum atomic E-state index is 13.2. The molecule has 0 amide bonds. The Balaban J connectivity index is 1.79. The molecule has 8 heteroatoms. The van der Waals surface area contributed by atoms with E-state index in [1.165, 1.54) is 6.20 Å². The molecule has 0 unspecified atom stereocenters. The average Bonchev–Trinajstić information content (AvgIpc) is 2.90. The van der Waals surface area contributed by atoms with Crippen LogP contribution in [0.25, 0.3) is 10.9 Å². The lowest BCUT2D eigenvalue weighted by molar-refractivity contribution is 0.0694. The van der Waals surface area contributed by atoms with E-state index in [9.17, 15) is 14.7 Å². The molecule has 0 fully saturated rings. The second-order valence-corrected chi connectivity index (χ2v) is 9.81. The highest BCUT2D eigenvalue weighted by atomic mass is 16.5. The Morgan fingerprint density at radius 2 is 1.29 bits per heavy atom. The molecule has 0 spiro atoms. The van der Waals surface area contributed by atoms with Crippen molar-refractivity contribution in [3.63, 3.8) is 0 Å². The molecule has 0 saturated heterocycles. The summed E-state index contributed by atoms with van der Waals surface area (Å²) in [5.74, 6) is 0.956. The van der Waals surface area contributed by atoms with Crippen molar-refractivity contribution in [3.8, 4) is 23.0 Å². The van der Waals surface area contributed by atoms with Crippen LogP contribution in [0.5, 0.6) is 23.0 Å². The summed E-state index contributed by atoms with van der Waals surface area (Å²) in [7, 11) is 3.21. The molecule has 0 aliphatic heterocycles. The van der Waals surface area contributed by atoms with Crippen LogP contribution in [0.15, 0.2) is 71.7 Å². The Morgan fingerprint density at radius 3 is 1.71 bits per heavy atom. The number of hydrogen-bond acceptors (Lipinski definition) is 6. The Kier molecular flexibility index (Phi) is 7.62. The number of carbonyl (C=O) groups is 1. The third-order valence-electron chi connectivity index (χ3n) is 6.13. The lowest BCUT2D eigenvalue weighted by atomic mass is 10.0. The smallest absolute Gasteiger partial charge is 0.341 e. The van der Waals surface area contributed by atoms with E-state index in [0.717, 1.165) is 22.6 Å². The van der Waals surface area contributed by atoms with Gasteiger partial charge in [-0.15, -0.1) is 0 Å². The maximum Gasteiger partial charge on any atom is 0.341 e. The molecule has 8 nitrogen and oxygen atoms in total. The SMILES string of the molecule is COc1ccc(COc2cc3c(=O)c(C(=O)O)cn(C(C)(C)C)c3cc2OCc2ccc(OC)cc2)cc1. The van der Waals surface area contributed by atoms with Crippen LogP contribution >= 0.6 is 0 Å². The Hall–Kier alpha value is -4.46. The highest BCUT2D eigenvalue weighted by Crippen LogP contribution is 2.35. The molecule has 0 bridgehead atoms. The average molecular weight is 518 g/mol. The van der Waals surface area contributed by atoms with Crippen molar-refractivity contribution in [2.24, 2.45) is 0 Å². The number of rotatable bonds is 9. The van der Waals surface area contributed by atoms with Gasteiger partial charge in [0.15, 0.2) is 11.5 Å². The normalized spacial score (nSPS) is 11.3. The lowest BCUT2D eigenvalue weighted by Crippen LogP contribution is -2.27. The number of hydrogen-bond donors (Lipinski definition) is 1. The first-order valence-corrected chi connectivity index (χ1v) is 12.1. The second-order valence-electron chi connectivity index (χ2n) is 9.81. The Bertz CT molecular complexity index is 1500. The number of aromatic nitrogens is 1. The minimum Gasteiger partial charge on any atom is -0.497 e. The molecule has 1 heterocycles. The maximum absolute atomic E-state index is 13.2. The lowest BCUT2D eigenvalue weighted by Gasteiger charge is -2.27. The number of aromatic carboxylic acids is 1. The van der Waals surface area contributed by atoms with Gasteiger partial charge >= 0.3 is 5.97 Å². The molecule has 0 saturated carbocycles. The van der Waals surface area contributed by atoms with Gasteiger partial charge in [-0.1, -0.05) is 24.3 Å². The third-order valence-corrected chi connectivity index (χ3v) is 6.13. The molecule has 198 valence electrons. The van der Waals surface area contributed by atoms with Crippen LogP contribution in [0.2, 0.25) is 0 Å². The highest BCUT2D eigenvalue weighted by molar-refractivity contribution is 5.93. The van der Waals surface area contributed by atoms with Gasteiger partial charge in [0.05, 0.1) is 25.1 Å². The monoisotopic (exact) mass is 517 g/mol. The van der Waals surface area contributed by atoms with Crippen molar-refractivity contribution < 1.29 is 28.8 Å². The molecule has 0 aliphatic carbocycles. The predicted molar refractivity (Wildman–Crippen MR) is 145 cm³/mol. The number of ether oxygens (including phenoxy) is 4. The summed E-state index contributed by atoms with van der Waals surface area (Å²) in [4.78, 5) is 25.1. The predicted octanol–water partition coefficient (Wildman–Crippen LogP) is 5.63. The van der Waals surface area contributed by atoms with Gasteiger partial charge in [0, 0.05) is 17.8 Å². The van der Waals surface area contributed by atoms with E-state index in [-0.39, 0.29) is 24.2 Å². The first kappa shape index (κ1) is 26.6. The highest BCUT2D eigenvalue weighted by Gasteiger charge is 2.23. The van der Waals surface area contributed by atoms with E-state index in [1.807, 2.05) is 69.3 Å². The van der Waals surface area contributed by atoms with Gasteiger partial charge in [-0.25, -0.2) is 4.79 Å². The van der Waals surface area contributed by atoms with Crippen molar-refractivity contribution >= 4 is 16.9 Å². The van der Waals surface area contributed by atoms with Crippen LogP contribution in [-0.2, 0) is 18.8 Å². The summed E-state index contributed by atoms with van der Waals surface area (Å²) >= 11 is 0. The van der Waals surface area contributed by atoms with Crippen LogP contribution < -0.4 is 24.4 Å². The van der Waals surface area contributed by atoms with E-state index in [1.54, 1.807) is 30.9 Å². The number of nitrogens with zero attached hydrogens (tertiary/aromatic N) is 1. The van der Waals surface area contributed by atoms with Crippen LogP contribution in [0.3, 0.4) is 0 Å². The van der Waals surface area contributed by atoms with Gasteiger partial charge in [0.1, 0.15) is 30.3 Å². The second kappa shape index (κ2) is 10.9. The first-order chi connectivity index (χ1) is 18.1. The molecular weight excluding hydrogens is 486 g/mol. The van der Waals surface area contributed by atoms with Crippen molar-refractivity contribution in [1.29, 1.82) is 0 Å². The summed E-state index contributed by atoms with van der Waals surface area (Å²) in [5, 5.41) is 9.93. The van der Waals surface area contributed by atoms with E-state index < -0.39 is 16.9 Å². The number of benzene rings is 3. The zero-order valence-corrected chi connectivity index (χ0v) is 22.1. The molecule has 1 aromatic heterocycles. The fourth-order valence-corrected chi connectivity index (χ4v) is 4.03. The van der Waals surface area contributed by atoms with Gasteiger partial charge in [-0.2, -0.15) is 0 Å². The van der Waals surface area contributed by atoms with Crippen LogP contribution in [-0.4, -0.2) is 29.9 Å². The van der Waals surface area contributed by atoms with Crippen molar-refractivity contribution in [2.45, 2.75) is 39.5 Å². The van der Waals surface area contributed by atoms with Crippen LogP contribution in [0.1, 0.15) is 42.3 Å². The third kappa shape index (κ3) is 5.75. The summed E-state index contributed by atoms with van der Waals surface area (Å²) in [6, 6.07) is 18.3. The molecule has 0 radical (unpaired) electrons. The first-order valence-electron chi connectivity index (χ1n) is 12.1. The molecule has 4 rings (SSSR count). The summed E-state index contributed by atoms with van der Waals surface area (Å²) in [6.45, 7) is 6.28. The molecule has 3 aromatic carbocycles. The number of carboxylic acid groups (broad SMARTS) is 1. The number of methoxy groups -OCH3 is 2. The van der Waals surface area contributed by atoms with Gasteiger partial charge in [0.25, 0.3) is 0 Å². The number of fused-ring (bicyclic) bond motifs is 1. The van der Waals surface area contributed by atoms with Gasteiger partial charge in [0.2, 0.25) is 5.43 Å². The van der Waals surface area contributed by atoms with Gasteiger partial charge in [-0.05, 0) is 62.2 Å². The topological polar surface area (TPSA) is 96.2 Å². The van der Waals surface area contributed by atoms with Crippen LogP contribution in [0, 0.1) is 0 Å². The zero-order valence-electron chi connectivity index (χ0n) is 22.1. The molecule has 38 heavy (non-hydrogen) atoms. The van der Waals surface area contributed by atoms with Gasteiger partial charge < -0.3 is 28.6 Å². The van der Waals surface area contributed by atoms with E-state index in [0.29, 0.717) is 17.0 Å². The molecule has 0 atom stereocenters. The van der Waals surface area contributed by atoms with Crippen molar-refractivity contribution in [2.75, 3.05) is 14.2 Å². The van der Waals surface area contributed by atoms with E-state index in [4.69, 9.17) is 18.9 Å². The Labute approximate surface area is 221 Å². The molecular formula is C30H31NO7. The molecule has 4 aromatic rings. The van der Waals surface area contributed by atoms with Crippen molar-refractivity contribution in [1.82, 2.24) is 4.57 Å². The van der Waals surface area contributed by atoms with Crippen LogP contribution in [0.4, 0.5) is 0 Å². The summed E-state index contributed by atoms with van der Waals surface area (Å²) in [5.41, 5.74) is 0.966. The minimum atomic E-state index is -1.28. The van der Waals surface area contributed by atoms with Crippen molar-refractivity contribution in [3.05, 3.63) is 93.8 Å². The number of carboxylic acids is 1. The fraction of sp³-hybridized carbons (Fsp3) is 0.267. The molecule has 1 N–H and O–H groups in total. The number of pyridine rings is 1. The van der Waals surface area contributed by atoms with E-state index in [2.05, 4.69) is 0 Å². The van der Waals surface area contributed by atoms with E-state index >= 15 is 0 Å².